The molecule has 2 aromatic rings. The van der Waals surface area contributed by atoms with Gasteiger partial charge in [0.2, 0.25) is 0 Å². The number of aromatic nitrogens is 6. The number of aliphatic hydroxyl groups is 1. The highest BCUT2D eigenvalue weighted by Crippen LogP contribution is 2.01. The summed E-state index contributed by atoms with van der Waals surface area (Å²) in [5.41, 5.74) is 0.779. The van der Waals surface area contributed by atoms with Crippen molar-refractivity contribution in [1.82, 2.24) is 29.8 Å². The number of hydrogen-bond donors (Lipinski definition) is 1. The average molecular weight is 222 g/mol. The first-order chi connectivity index (χ1) is 7.70. The maximum absolute atomic E-state index is 8.76. The van der Waals surface area contributed by atoms with Crippen LogP contribution in [0.15, 0.2) is 6.20 Å². The summed E-state index contributed by atoms with van der Waals surface area (Å²) < 4.78 is 3.60. The van der Waals surface area contributed by atoms with Gasteiger partial charge in [0.25, 0.3) is 0 Å². The molecule has 0 atom stereocenters. The van der Waals surface area contributed by atoms with Crippen LogP contribution >= 0.6 is 0 Å². The van der Waals surface area contributed by atoms with Gasteiger partial charge in [-0.25, -0.2) is 4.68 Å². The molecule has 0 aliphatic rings. The van der Waals surface area contributed by atoms with Crippen molar-refractivity contribution in [1.29, 1.82) is 0 Å². The topological polar surface area (TPSA) is 81.7 Å². The molecule has 86 valence electrons. The van der Waals surface area contributed by atoms with Crippen LogP contribution in [-0.4, -0.2) is 41.5 Å². The van der Waals surface area contributed by atoms with Gasteiger partial charge in [0.15, 0.2) is 5.82 Å². The van der Waals surface area contributed by atoms with Gasteiger partial charge >= 0.3 is 0 Å². The van der Waals surface area contributed by atoms with Crippen molar-refractivity contribution < 1.29 is 5.11 Å². The first-order valence-electron chi connectivity index (χ1n) is 5.05. The van der Waals surface area contributed by atoms with Gasteiger partial charge in [0.05, 0.1) is 5.69 Å². The van der Waals surface area contributed by atoms with E-state index in [0.29, 0.717) is 13.0 Å². The average Bonchev–Trinajstić information content (AvgIpc) is 2.82. The molecular formula is C9H14N6O. The zero-order valence-electron chi connectivity index (χ0n) is 9.33. The third-order valence-corrected chi connectivity index (χ3v) is 2.44. The third-order valence-electron chi connectivity index (χ3n) is 2.44. The fourth-order valence-electron chi connectivity index (χ4n) is 1.38. The first-order valence-corrected chi connectivity index (χ1v) is 5.05. The second kappa shape index (κ2) is 4.40. The van der Waals surface area contributed by atoms with Gasteiger partial charge in [-0.05, 0) is 6.92 Å². The molecule has 0 unspecified atom stereocenters. The molecule has 2 rings (SSSR count). The quantitative estimate of drug-likeness (QED) is 0.739. The van der Waals surface area contributed by atoms with Crippen LogP contribution in [0, 0.1) is 6.92 Å². The predicted molar refractivity (Wildman–Crippen MR) is 55.7 cm³/mol. The lowest BCUT2D eigenvalue weighted by Crippen LogP contribution is -2.07. The van der Waals surface area contributed by atoms with Crippen molar-refractivity contribution in [2.45, 2.75) is 19.9 Å². The van der Waals surface area contributed by atoms with Crippen LogP contribution < -0.4 is 0 Å². The summed E-state index contributed by atoms with van der Waals surface area (Å²) in [5.74, 6) is 1.70. The van der Waals surface area contributed by atoms with Crippen LogP contribution in [0.4, 0.5) is 0 Å². The maximum Gasteiger partial charge on any atom is 0.154 e. The molecule has 0 aliphatic heterocycles. The monoisotopic (exact) mass is 222 g/mol. The summed E-state index contributed by atoms with van der Waals surface area (Å²) >= 11 is 0. The smallest absolute Gasteiger partial charge is 0.154 e. The molecule has 2 aromatic heterocycles. The van der Waals surface area contributed by atoms with Gasteiger partial charge < -0.3 is 9.67 Å². The summed E-state index contributed by atoms with van der Waals surface area (Å²) in [6.45, 7) is 2.52. The van der Waals surface area contributed by atoms with Crippen LogP contribution in [0.3, 0.4) is 0 Å². The van der Waals surface area contributed by atoms with Crippen LogP contribution in [0.25, 0.3) is 0 Å². The second-order valence-corrected chi connectivity index (χ2v) is 3.60. The number of hydrogen-bond acceptors (Lipinski definition) is 5. The van der Waals surface area contributed by atoms with Crippen molar-refractivity contribution in [3.63, 3.8) is 0 Å². The molecule has 7 nitrogen and oxygen atoms in total. The van der Waals surface area contributed by atoms with E-state index in [4.69, 9.17) is 5.11 Å². The van der Waals surface area contributed by atoms with E-state index in [1.165, 1.54) is 0 Å². The van der Waals surface area contributed by atoms with Gasteiger partial charge in [-0.2, -0.15) is 0 Å². The number of nitrogens with zero attached hydrogens (tertiary/aromatic N) is 6. The molecule has 0 saturated carbocycles. The molecule has 0 fully saturated rings. The van der Waals surface area contributed by atoms with Crippen molar-refractivity contribution in [3.8, 4) is 0 Å². The van der Waals surface area contributed by atoms with Crippen molar-refractivity contribution in [2.24, 2.45) is 7.05 Å². The lowest BCUT2D eigenvalue weighted by Gasteiger charge is -2.00. The fourth-order valence-corrected chi connectivity index (χ4v) is 1.38. The summed E-state index contributed by atoms with van der Waals surface area (Å²) in [5, 5.41) is 24.7. The minimum Gasteiger partial charge on any atom is -0.396 e. The Hall–Kier alpha value is -1.76. The minimum absolute atomic E-state index is 0.0851. The van der Waals surface area contributed by atoms with Crippen LogP contribution in [0.2, 0.25) is 0 Å². The Kier molecular flexibility index (Phi) is 2.95. The molecule has 0 saturated heterocycles. The van der Waals surface area contributed by atoms with E-state index in [0.717, 1.165) is 17.3 Å². The summed E-state index contributed by atoms with van der Waals surface area (Å²) in [7, 11) is 1.91. The first kappa shape index (κ1) is 10.7. The third kappa shape index (κ3) is 2.08. The Balaban J connectivity index is 2.11. The van der Waals surface area contributed by atoms with Gasteiger partial charge in [-0.1, -0.05) is 5.21 Å². The number of rotatable bonds is 4. The molecule has 0 aliphatic carbocycles. The Morgan fingerprint density at radius 1 is 1.31 bits per heavy atom. The molecule has 0 radical (unpaired) electrons. The Morgan fingerprint density at radius 3 is 2.75 bits per heavy atom. The van der Waals surface area contributed by atoms with Crippen molar-refractivity contribution >= 4 is 0 Å². The van der Waals surface area contributed by atoms with E-state index >= 15 is 0 Å². The molecule has 0 amide bonds. The normalized spacial score (nSPS) is 10.9. The van der Waals surface area contributed by atoms with E-state index < -0.39 is 0 Å². The Morgan fingerprint density at radius 2 is 2.12 bits per heavy atom. The van der Waals surface area contributed by atoms with Crippen LogP contribution in [0.1, 0.15) is 17.3 Å². The fraction of sp³-hybridized carbons (Fsp3) is 0.556. The van der Waals surface area contributed by atoms with Crippen LogP contribution in [0.5, 0.6) is 0 Å². The van der Waals surface area contributed by atoms with Crippen molar-refractivity contribution in [2.75, 3.05) is 6.61 Å². The van der Waals surface area contributed by atoms with Gasteiger partial charge in [-0.3, -0.25) is 0 Å². The Labute approximate surface area is 92.7 Å². The molecule has 0 spiro atoms. The van der Waals surface area contributed by atoms with E-state index in [9.17, 15) is 0 Å². The van der Waals surface area contributed by atoms with Crippen molar-refractivity contribution in [3.05, 3.63) is 23.5 Å². The van der Waals surface area contributed by atoms with E-state index in [1.807, 2.05) is 18.5 Å². The zero-order chi connectivity index (χ0) is 11.5. The SMILES string of the molecule is Cc1nnc(Cn2cc(CCO)nn2)n1C. The molecule has 0 bridgehead atoms. The van der Waals surface area contributed by atoms with Gasteiger partial charge in [0.1, 0.15) is 12.4 Å². The lowest BCUT2D eigenvalue weighted by molar-refractivity contribution is 0.298. The van der Waals surface area contributed by atoms with E-state index in [2.05, 4.69) is 20.5 Å². The molecule has 7 heteroatoms. The van der Waals surface area contributed by atoms with Crippen LogP contribution in [-0.2, 0) is 20.0 Å². The zero-order valence-corrected chi connectivity index (χ0v) is 9.33. The molecule has 0 aromatic carbocycles. The predicted octanol–water partition coefficient (Wildman–Crippen LogP) is -0.702. The second-order valence-electron chi connectivity index (χ2n) is 3.60. The highest BCUT2D eigenvalue weighted by Gasteiger charge is 2.07. The summed E-state index contributed by atoms with van der Waals surface area (Å²) in [4.78, 5) is 0. The van der Waals surface area contributed by atoms with E-state index in [-0.39, 0.29) is 6.61 Å². The van der Waals surface area contributed by atoms with Gasteiger partial charge in [-0.15, -0.1) is 15.3 Å². The highest BCUT2D eigenvalue weighted by atomic mass is 16.3. The van der Waals surface area contributed by atoms with Gasteiger partial charge in [0, 0.05) is 26.3 Å². The number of aliphatic hydroxyl groups excluding tert-OH is 1. The maximum atomic E-state index is 8.76. The van der Waals surface area contributed by atoms with E-state index in [1.54, 1.807) is 10.9 Å². The number of aryl methyl sites for hydroxylation is 1. The Bertz CT molecular complexity index is 474. The summed E-state index contributed by atoms with van der Waals surface area (Å²) in [6.07, 6.45) is 2.33. The minimum atomic E-state index is 0.0851. The standard InChI is InChI=1S/C9H14N6O/c1-7-10-12-9(14(7)2)6-15-5-8(3-4-16)11-13-15/h5,16H,3-4,6H2,1-2H3. The highest BCUT2D eigenvalue weighted by molar-refractivity contribution is 4.96. The molecule has 2 heterocycles. The summed E-state index contributed by atoms with van der Waals surface area (Å²) in [6, 6.07) is 0. The largest absolute Gasteiger partial charge is 0.396 e. The molecule has 16 heavy (non-hydrogen) atoms. The molecule has 1 N–H and O–H groups in total. The lowest BCUT2D eigenvalue weighted by atomic mass is 10.3. The molecular weight excluding hydrogens is 208 g/mol.